The van der Waals surface area contributed by atoms with Gasteiger partial charge in [-0.3, -0.25) is 15.0 Å². The van der Waals surface area contributed by atoms with E-state index < -0.39 is 4.92 Å². The van der Waals surface area contributed by atoms with Gasteiger partial charge in [0, 0.05) is 32.2 Å². The number of nitrogens with one attached hydrogen (secondary N) is 1. The zero-order valence-corrected chi connectivity index (χ0v) is 10.0. The molecule has 2 heterocycles. The minimum Gasteiger partial charge on any atom is -0.379 e. The molecule has 0 atom stereocenters. The molecule has 0 saturated carbocycles. The summed E-state index contributed by atoms with van der Waals surface area (Å²) in [6.07, 6.45) is 1.26. The molecule has 7 heteroatoms. The normalized spacial score (nSPS) is 16.4. The van der Waals surface area contributed by atoms with Crippen molar-refractivity contribution >= 4 is 11.5 Å². The Morgan fingerprint density at radius 2 is 2.22 bits per heavy atom. The molecular formula is C11H16N4O3. The Hall–Kier alpha value is -1.73. The maximum atomic E-state index is 10.5. The van der Waals surface area contributed by atoms with Crippen molar-refractivity contribution in [2.24, 2.45) is 0 Å². The van der Waals surface area contributed by atoms with Crippen LogP contribution in [-0.4, -0.2) is 54.2 Å². The maximum absolute atomic E-state index is 10.5. The topological polar surface area (TPSA) is 80.5 Å². The molecule has 2 rings (SSSR count). The van der Waals surface area contributed by atoms with Gasteiger partial charge in [0.25, 0.3) is 5.69 Å². The van der Waals surface area contributed by atoms with Crippen molar-refractivity contribution in [3.8, 4) is 0 Å². The number of aromatic nitrogens is 1. The second kappa shape index (κ2) is 6.27. The molecule has 0 aliphatic carbocycles. The van der Waals surface area contributed by atoms with Crippen LogP contribution in [0, 0.1) is 10.1 Å². The number of nitro groups is 1. The molecule has 1 aromatic heterocycles. The van der Waals surface area contributed by atoms with Crippen LogP contribution in [0.5, 0.6) is 0 Å². The third-order valence-electron chi connectivity index (χ3n) is 2.80. The van der Waals surface area contributed by atoms with Gasteiger partial charge in [0.15, 0.2) is 0 Å². The van der Waals surface area contributed by atoms with Gasteiger partial charge in [-0.1, -0.05) is 0 Å². The Morgan fingerprint density at radius 1 is 1.44 bits per heavy atom. The molecule has 0 unspecified atom stereocenters. The third-order valence-corrected chi connectivity index (χ3v) is 2.80. The van der Waals surface area contributed by atoms with E-state index in [1.54, 1.807) is 6.07 Å². The van der Waals surface area contributed by atoms with E-state index in [1.165, 1.54) is 12.3 Å². The molecule has 1 aliphatic rings. The van der Waals surface area contributed by atoms with Gasteiger partial charge in [0.05, 0.1) is 18.1 Å². The molecule has 18 heavy (non-hydrogen) atoms. The summed E-state index contributed by atoms with van der Waals surface area (Å²) in [5.41, 5.74) is 0.00808. The average Bonchev–Trinajstić information content (AvgIpc) is 2.40. The van der Waals surface area contributed by atoms with Crippen LogP contribution >= 0.6 is 0 Å². The lowest BCUT2D eigenvalue weighted by molar-refractivity contribution is -0.385. The fraction of sp³-hybridized carbons (Fsp3) is 0.545. The van der Waals surface area contributed by atoms with Crippen molar-refractivity contribution in [3.05, 3.63) is 28.4 Å². The van der Waals surface area contributed by atoms with Crippen molar-refractivity contribution in [2.75, 3.05) is 44.7 Å². The number of ether oxygens (including phenoxy) is 1. The van der Waals surface area contributed by atoms with Crippen LogP contribution in [-0.2, 0) is 4.74 Å². The number of anilines is 1. The Kier molecular flexibility index (Phi) is 4.43. The summed E-state index contributed by atoms with van der Waals surface area (Å²) in [6, 6.07) is 3.07. The van der Waals surface area contributed by atoms with Crippen molar-refractivity contribution < 1.29 is 9.66 Å². The molecule has 1 aromatic rings. The van der Waals surface area contributed by atoms with Gasteiger partial charge in [0.2, 0.25) is 0 Å². The lowest BCUT2D eigenvalue weighted by Crippen LogP contribution is -2.39. The first-order valence-corrected chi connectivity index (χ1v) is 5.90. The van der Waals surface area contributed by atoms with Crippen LogP contribution in [0.4, 0.5) is 11.5 Å². The monoisotopic (exact) mass is 252 g/mol. The summed E-state index contributed by atoms with van der Waals surface area (Å²) in [5.74, 6) is 0.661. The van der Waals surface area contributed by atoms with Gasteiger partial charge < -0.3 is 10.1 Å². The van der Waals surface area contributed by atoms with Crippen molar-refractivity contribution in [1.82, 2.24) is 9.88 Å². The van der Waals surface area contributed by atoms with E-state index in [1.807, 2.05) is 0 Å². The van der Waals surface area contributed by atoms with Crippen LogP contribution in [0.1, 0.15) is 0 Å². The molecule has 0 amide bonds. The SMILES string of the molecule is O=[N+]([O-])c1ccc(NCCN2CCOCC2)nc1. The highest BCUT2D eigenvalue weighted by molar-refractivity contribution is 5.39. The molecule has 7 nitrogen and oxygen atoms in total. The summed E-state index contributed by atoms with van der Waals surface area (Å²) >= 11 is 0. The summed E-state index contributed by atoms with van der Waals surface area (Å²) in [7, 11) is 0. The molecule has 0 spiro atoms. The minimum absolute atomic E-state index is 0.00808. The molecule has 0 radical (unpaired) electrons. The molecule has 0 aromatic carbocycles. The zero-order valence-electron chi connectivity index (χ0n) is 10.0. The molecule has 1 fully saturated rings. The van der Waals surface area contributed by atoms with Crippen LogP contribution < -0.4 is 5.32 Å². The molecule has 1 N–H and O–H groups in total. The average molecular weight is 252 g/mol. The van der Waals surface area contributed by atoms with Gasteiger partial charge in [-0.25, -0.2) is 4.98 Å². The Balaban J connectivity index is 1.74. The van der Waals surface area contributed by atoms with Crippen LogP contribution in [0.25, 0.3) is 0 Å². The van der Waals surface area contributed by atoms with Crippen molar-refractivity contribution in [3.63, 3.8) is 0 Å². The van der Waals surface area contributed by atoms with Crippen LogP contribution in [0.15, 0.2) is 18.3 Å². The number of nitrogens with zero attached hydrogens (tertiary/aromatic N) is 3. The van der Waals surface area contributed by atoms with E-state index in [0.717, 1.165) is 39.4 Å². The van der Waals surface area contributed by atoms with Crippen molar-refractivity contribution in [1.29, 1.82) is 0 Å². The molecular weight excluding hydrogens is 236 g/mol. The van der Waals surface area contributed by atoms with E-state index in [9.17, 15) is 10.1 Å². The smallest absolute Gasteiger partial charge is 0.287 e. The van der Waals surface area contributed by atoms with Crippen LogP contribution in [0.3, 0.4) is 0 Å². The quantitative estimate of drug-likeness (QED) is 0.614. The lowest BCUT2D eigenvalue weighted by Gasteiger charge is -2.26. The highest BCUT2D eigenvalue weighted by Crippen LogP contribution is 2.11. The third kappa shape index (κ3) is 3.64. The van der Waals surface area contributed by atoms with E-state index in [-0.39, 0.29) is 5.69 Å². The first-order valence-electron chi connectivity index (χ1n) is 5.90. The molecule has 1 saturated heterocycles. The number of pyridine rings is 1. The van der Waals surface area contributed by atoms with Gasteiger partial charge >= 0.3 is 0 Å². The standard InChI is InChI=1S/C11H16N4O3/c16-15(17)10-1-2-11(13-9-10)12-3-4-14-5-7-18-8-6-14/h1-2,9H,3-8H2,(H,12,13). The summed E-state index contributed by atoms with van der Waals surface area (Å²) in [4.78, 5) is 16.3. The lowest BCUT2D eigenvalue weighted by atomic mass is 10.4. The highest BCUT2D eigenvalue weighted by Gasteiger charge is 2.09. The molecule has 0 bridgehead atoms. The number of hydrogen-bond acceptors (Lipinski definition) is 6. The molecule has 98 valence electrons. The Labute approximate surface area is 105 Å². The zero-order chi connectivity index (χ0) is 12.8. The predicted molar refractivity (Wildman–Crippen MR) is 66.6 cm³/mol. The highest BCUT2D eigenvalue weighted by atomic mass is 16.6. The van der Waals surface area contributed by atoms with Gasteiger partial charge in [-0.2, -0.15) is 0 Å². The number of morpholine rings is 1. The minimum atomic E-state index is -0.454. The van der Waals surface area contributed by atoms with Crippen molar-refractivity contribution in [2.45, 2.75) is 0 Å². The largest absolute Gasteiger partial charge is 0.379 e. The van der Waals surface area contributed by atoms with Gasteiger partial charge in [0.1, 0.15) is 12.0 Å². The van der Waals surface area contributed by atoms with E-state index in [4.69, 9.17) is 4.74 Å². The number of rotatable bonds is 5. The van der Waals surface area contributed by atoms with E-state index in [0.29, 0.717) is 5.82 Å². The van der Waals surface area contributed by atoms with E-state index >= 15 is 0 Å². The van der Waals surface area contributed by atoms with E-state index in [2.05, 4.69) is 15.2 Å². The number of hydrogen-bond donors (Lipinski definition) is 1. The second-order valence-corrected chi connectivity index (χ2v) is 4.04. The maximum Gasteiger partial charge on any atom is 0.287 e. The van der Waals surface area contributed by atoms with Gasteiger partial charge in [-0.05, 0) is 6.07 Å². The summed E-state index contributed by atoms with van der Waals surface area (Å²) < 4.78 is 5.26. The predicted octanol–water partition coefficient (Wildman–Crippen LogP) is 0.734. The van der Waals surface area contributed by atoms with Gasteiger partial charge in [-0.15, -0.1) is 0 Å². The summed E-state index contributed by atoms with van der Waals surface area (Å²) in [5, 5.41) is 13.6. The molecule has 1 aliphatic heterocycles. The fourth-order valence-electron chi connectivity index (χ4n) is 1.77. The summed E-state index contributed by atoms with van der Waals surface area (Å²) in [6.45, 7) is 5.17. The second-order valence-electron chi connectivity index (χ2n) is 4.04. The first kappa shape index (κ1) is 12.7. The Bertz CT molecular complexity index is 390. The Morgan fingerprint density at radius 3 is 2.83 bits per heavy atom. The fourth-order valence-corrected chi connectivity index (χ4v) is 1.77. The van der Waals surface area contributed by atoms with Crippen LogP contribution in [0.2, 0.25) is 0 Å². The first-order chi connectivity index (χ1) is 8.75.